The smallest absolute Gasteiger partial charge is 0.257 e. The summed E-state index contributed by atoms with van der Waals surface area (Å²) in [6.45, 7) is 5.63. The van der Waals surface area contributed by atoms with E-state index in [1.165, 1.54) is 18.2 Å². The van der Waals surface area contributed by atoms with E-state index in [1.54, 1.807) is 0 Å². The lowest BCUT2D eigenvalue weighted by molar-refractivity contribution is -0.123. The average Bonchev–Trinajstić information content (AvgIpc) is 2.76. The van der Waals surface area contributed by atoms with Crippen LogP contribution in [0.5, 0.6) is 0 Å². The van der Waals surface area contributed by atoms with Gasteiger partial charge in [0.25, 0.3) is 10.0 Å². The summed E-state index contributed by atoms with van der Waals surface area (Å²) in [5, 5.41) is 3.99. The highest BCUT2D eigenvalue weighted by molar-refractivity contribution is 7.89. The maximum Gasteiger partial charge on any atom is 0.257 e. The Morgan fingerprint density at radius 1 is 1.36 bits per heavy atom. The van der Waals surface area contributed by atoms with Gasteiger partial charge in [-0.15, -0.1) is 4.83 Å². The van der Waals surface area contributed by atoms with Gasteiger partial charge in [0.1, 0.15) is 0 Å². The molecule has 22 heavy (non-hydrogen) atoms. The molecular formula is C13H16ClN3O4S. The number of carbonyl (C=O) groups excluding carboxylic acids is 1. The molecule has 120 valence electrons. The molecule has 1 heterocycles. The van der Waals surface area contributed by atoms with E-state index in [0.29, 0.717) is 11.0 Å². The average molecular weight is 346 g/mol. The van der Waals surface area contributed by atoms with Crippen molar-refractivity contribution >= 4 is 38.5 Å². The molecule has 0 saturated heterocycles. The number of aromatic nitrogens is 1. The fourth-order valence-electron chi connectivity index (χ4n) is 1.76. The maximum absolute atomic E-state index is 12.2. The summed E-state index contributed by atoms with van der Waals surface area (Å²) in [5.41, 5.74) is 2.32. The zero-order chi connectivity index (χ0) is 16.5. The molecule has 0 atom stereocenters. The molecule has 0 saturated carbocycles. The van der Waals surface area contributed by atoms with Gasteiger partial charge in [-0.05, 0) is 23.6 Å². The molecule has 0 aliphatic carbocycles. The number of sulfonamides is 1. The minimum absolute atomic E-state index is 0.0545. The second kappa shape index (κ2) is 5.86. The van der Waals surface area contributed by atoms with Gasteiger partial charge < -0.3 is 4.52 Å². The molecule has 9 heteroatoms. The second-order valence-electron chi connectivity index (χ2n) is 6.02. The van der Waals surface area contributed by atoms with Crippen LogP contribution in [0.2, 0.25) is 5.15 Å². The highest BCUT2D eigenvalue weighted by Crippen LogP contribution is 2.25. The van der Waals surface area contributed by atoms with Crippen molar-refractivity contribution in [3.8, 4) is 0 Å². The molecule has 2 N–H and O–H groups in total. The predicted octanol–water partition coefficient (Wildman–Crippen LogP) is 2.23. The number of benzene rings is 1. The Balaban J connectivity index is 2.15. The maximum atomic E-state index is 12.2. The Morgan fingerprint density at radius 3 is 2.68 bits per heavy atom. The number of halogens is 1. The molecule has 0 spiro atoms. The molecule has 1 amide bonds. The van der Waals surface area contributed by atoms with E-state index in [4.69, 9.17) is 16.1 Å². The summed E-state index contributed by atoms with van der Waals surface area (Å²) < 4.78 is 29.2. The fourth-order valence-corrected chi connectivity index (χ4v) is 2.83. The van der Waals surface area contributed by atoms with E-state index in [2.05, 4.69) is 15.4 Å². The van der Waals surface area contributed by atoms with Gasteiger partial charge in [0, 0.05) is 6.42 Å². The molecule has 0 unspecified atom stereocenters. The van der Waals surface area contributed by atoms with Crippen molar-refractivity contribution in [2.45, 2.75) is 32.1 Å². The van der Waals surface area contributed by atoms with Crippen molar-refractivity contribution in [1.82, 2.24) is 15.4 Å². The number of nitrogens with zero attached hydrogens (tertiary/aromatic N) is 1. The molecule has 0 aliphatic rings. The van der Waals surface area contributed by atoms with Crippen molar-refractivity contribution in [3.05, 3.63) is 23.4 Å². The van der Waals surface area contributed by atoms with Crippen LogP contribution < -0.4 is 10.3 Å². The fraction of sp³-hybridized carbons (Fsp3) is 0.385. The summed E-state index contributed by atoms with van der Waals surface area (Å²) in [6, 6.07) is 4.11. The van der Waals surface area contributed by atoms with Crippen LogP contribution in [-0.2, 0) is 14.8 Å². The Kier molecular flexibility index (Phi) is 4.46. The van der Waals surface area contributed by atoms with E-state index >= 15 is 0 Å². The van der Waals surface area contributed by atoms with Crippen LogP contribution in [0.4, 0.5) is 0 Å². The van der Waals surface area contributed by atoms with Gasteiger partial charge >= 0.3 is 0 Å². The number of amides is 1. The summed E-state index contributed by atoms with van der Waals surface area (Å²) >= 11 is 5.80. The largest absolute Gasteiger partial charge is 0.355 e. The zero-order valence-electron chi connectivity index (χ0n) is 12.3. The lowest BCUT2D eigenvalue weighted by Gasteiger charge is -2.17. The van der Waals surface area contributed by atoms with E-state index in [0.717, 1.165) is 0 Å². The number of nitrogens with one attached hydrogen (secondary N) is 2. The molecule has 0 bridgehead atoms. The van der Waals surface area contributed by atoms with Gasteiger partial charge in [-0.25, -0.2) is 8.42 Å². The third-order valence-electron chi connectivity index (χ3n) is 2.72. The Hall–Kier alpha value is -1.64. The minimum atomic E-state index is -3.91. The molecule has 2 aromatic rings. The van der Waals surface area contributed by atoms with Crippen molar-refractivity contribution in [2.24, 2.45) is 5.41 Å². The minimum Gasteiger partial charge on any atom is -0.355 e. The van der Waals surface area contributed by atoms with Gasteiger partial charge in [-0.2, -0.15) is 0 Å². The van der Waals surface area contributed by atoms with Crippen molar-refractivity contribution < 1.29 is 17.7 Å². The summed E-state index contributed by atoms with van der Waals surface area (Å²) in [4.78, 5) is 13.7. The Bertz CT molecular complexity index is 808. The van der Waals surface area contributed by atoms with Gasteiger partial charge in [0.05, 0.1) is 10.3 Å². The third kappa shape index (κ3) is 3.96. The summed E-state index contributed by atoms with van der Waals surface area (Å²) in [5.74, 6) is -0.417. The molecule has 0 radical (unpaired) electrons. The van der Waals surface area contributed by atoms with Crippen LogP contribution in [0.25, 0.3) is 11.0 Å². The summed E-state index contributed by atoms with van der Waals surface area (Å²) in [6.07, 6.45) is 0.187. The highest BCUT2D eigenvalue weighted by Gasteiger charge is 2.20. The number of hydrazine groups is 1. The molecule has 1 aromatic carbocycles. The quantitative estimate of drug-likeness (QED) is 0.827. The van der Waals surface area contributed by atoms with Gasteiger partial charge in [0.2, 0.25) is 5.91 Å². The number of rotatable bonds is 4. The van der Waals surface area contributed by atoms with Crippen LogP contribution in [-0.4, -0.2) is 19.5 Å². The van der Waals surface area contributed by atoms with E-state index in [9.17, 15) is 13.2 Å². The van der Waals surface area contributed by atoms with Crippen molar-refractivity contribution in [1.29, 1.82) is 0 Å². The first-order chi connectivity index (χ1) is 10.1. The van der Waals surface area contributed by atoms with Gasteiger partial charge in [-0.1, -0.05) is 37.5 Å². The molecule has 2 rings (SSSR count). The predicted molar refractivity (Wildman–Crippen MR) is 81.6 cm³/mol. The SMILES string of the molecule is CC(C)(C)CC(=O)NNS(=O)(=O)c1ccc2onc(Cl)c2c1. The number of hydrogen-bond acceptors (Lipinski definition) is 5. The van der Waals surface area contributed by atoms with E-state index in [1.807, 2.05) is 20.8 Å². The molecule has 0 aliphatic heterocycles. The molecule has 0 fully saturated rings. The lowest BCUT2D eigenvalue weighted by atomic mass is 9.92. The first-order valence-corrected chi connectivity index (χ1v) is 8.30. The number of fused-ring (bicyclic) bond motifs is 1. The summed E-state index contributed by atoms with van der Waals surface area (Å²) in [7, 11) is -3.91. The highest BCUT2D eigenvalue weighted by atomic mass is 35.5. The first kappa shape index (κ1) is 16.7. The zero-order valence-corrected chi connectivity index (χ0v) is 13.9. The number of hydrogen-bond donors (Lipinski definition) is 2. The Labute approximate surface area is 133 Å². The van der Waals surface area contributed by atoms with Crippen molar-refractivity contribution in [2.75, 3.05) is 0 Å². The third-order valence-corrected chi connectivity index (χ3v) is 4.24. The van der Waals surface area contributed by atoms with E-state index in [-0.39, 0.29) is 21.9 Å². The molecule has 1 aromatic heterocycles. The topological polar surface area (TPSA) is 101 Å². The first-order valence-electron chi connectivity index (χ1n) is 6.44. The van der Waals surface area contributed by atoms with Crippen LogP contribution in [0.15, 0.2) is 27.6 Å². The van der Waals surface area contributed by atoms with Crippen LogP contribution >= 0.6 is 11.6 Å². The van der Waals surface area contributed by atoms with Gasteiger partial charge in [0.15, 0.2) is 10.7 Å². The Morgan fingerprint density at radius 2 is 2.05 bits per heavy atom. The van der Waals surface area contributed by atoms with Crippen molar-refractivity contribution in [3.63, 3.8) is 0 Å². The second-order valence-corrected chi connectivity index (χ2v) is 8.06. The van der Waals surface area contributed by atoms with Crippen LogP contribution in [0, 0.1) is 5.41 Å². The van der Waals surface area contributed by atoms with E-state index < -0.39 is 15.9 Å². The monoisotopic (exact) mass is 345 g/mol. The molecule has 7 nitrogen and oxygen atoms in total. The van der Waals surface area contributed by atoms with Crippen LogP contribution in [0.3, 0.4) is 0 Å². The standard InChI is InChI=1S/C13H16ClN3O4S/c1-13(2,3)7-11(18)15-17-22(19,20)8-4-5-10-9(6-8)12(14)16-21-10/h4-6,17H,7H2,1-3H3,(H,15,18). The lowest BCUT2D eigenvalue weighted by Crippen LogP contribution is -2.42. The number of carbonyl (C=O) groups is 1. The molecular weight excluding hydrogens is 330 g/mol. The van der Waals surface area contributed by atoms with Gasteiger partial charge in [-0.3, -0.25) is 10.2 Å². The normalized spacial score (nSPS) is 12.5. The van der Waals surface area contributed by atoms with Crippen LogP contribution in [0.1, 0.15) is 27.2 Å².